The van der Waals surface area contributed by atoms with Crippen LogP contribution in [0.5, 0.6) is 0 Å². The van der Waals surface area contributed by atoms with Crippen molar-refractivity contribution in [1.29, 1.82) is 0 Å². The molecule has 0 saturated heterocycles. The topological polar surface area (TPSA) is 46.5 Å². The molecule has 3 heteroatoms. The highest BCUT2D eigenvalue weighted by Gasteiger charge is 2.13. The van der Waals surface area contributed by atoms with Gasteiger partial charge in [0.2, 0.25) is 0 Å². The predicted octanol–water partition coefficient (Wildman–Crippen LogP) is 3.37. The third-order valence-electron chi connectivity index (χ3n) is 2.99. The van der Waals surface area contributed by atoms with Gasteiger partial charge in [-0.15, -0.1) is 0 Å². The maximum absolute atomic E-state index is 11.6. The third-order valence-corrected chi connectivity index (χ3v) is 2.99. The van der Waals surface area contributed by atoms with Crippen LogP contribution in [0.25, 0.3) is 6.08 Å². The van der Waals surface area contributed by atoms with Crippen LogP contribution in [0.3, 0.4) is 0 Å². The number of carbonyl (C=O) groups is 1. The van der Waals surface area contributed by atoms with E-state index in [1.807, 2.05) is 54.6 Å². The van der Waals surface area contributed by atoms with Crippen molar-refractivity contribution in [1.82, 2.24) is 0 Å². The van der Waals surface area contributed by atoms with Crippen molar-refractivity contribution >= 4 is 12.0 Å². The van der Waals surface area contributed by atoms with E-state index in [1.165, 1.54) is 0 Å². The largest absolute Gasteiger partial charge is 0.461 e. The van der Waals surface area contributed by atoms with Crippen LogP contribution < -0.4 is 0 Å². The van der Waals surface area contributed by atoms with Gasteiger partial charge in [0.1, 0.15) is 6.61 Å². The number of aliphatic hydroxyl groups excluding tert-OH is 1. The van der Waals surface area contributed by atoms with Gasteiger partial charge in [-0.2, -0.15) is 0 Å². The van der Waals surface area contributed by atoms with Crippen LogP contribution in [-0.4, -0.2) is 17.7 Å². The molecule has 21 heavy (non-hydrogen) atoms. The maximum Gasteiger partial charge on any atom is 0.309 e. The van der Waals surface area contributed by atoms with E-state index < -0.39 is 12.1 Å². The number of rotatable bonds is 6. The summed E-state index contributed by atoms with van der Waals surface area (Å²) in [6.07, 6.45) is 2.81. The summed E-state index contributed by atoms with van der Waals surface area (Å²) in [6, 6.07) is 18.9. The molecule has 0 aliphatic carbocycles. The van der Waals surface area contributed by atoms with Gasteiger partial charge in [-0.25, -0.2) is 0 Å². The van der Waals surface area contributed by atoms with Crippen molar-refractivity contribution in [2.24, 2.45) is 0 Å². The summed E-state index contributed by atoms with van der Waals surface area (Å²) < 4.78 is 5.07. The number of hydrogen-bond acceptors (Lipinski definition) is 3. The Morgan fingerprint density at radius 1 is 1.05 bits per heavy atom. The van der Waals surface area contributed by atoms with Gasteiger partial charge < -0.3 is 9.84 Å². The van der Waals surface area contributed by atoms with Gasteiger partial charge in [-0.3, -0.25) is 4.79 Å². The summed E-state index contributed by atoms with van der Waals surface area (Å²) in [5.74, 6) is -0.413. The van der Waals surface area contributed by atoms with Crippen LogP contribution in [0.4, 0.5) is 0 Å². The SMILES string of the molecule is O=C(CC(O)c1ccccc1)OCC=Cc1ccccc1. The molecule has 0 spiro atoms. The van der Waals surface area contributed by atoms with Crippen molar-refractivity contribution in [3.63, 3.8) is 0 Å². The Kier molecular flexibility index (Phi) is 5.73. The maximum atomic E-state index is 11.6. The van der Waals surface area contributed by atoms with E-state index in [1.54, 1.807) is 18.2 Å². The molecule has 0 radical (unpaired) electrons. The predicted molar refractivity (Wildman–Crippen MR) is 82.5 cm³/mol. The van der Waals surface area contributed by atoms with Gasteiger partial charge in [0.25, 0.3) is 0 Å². The first-order chi connectivity index (χ1) is 10.3. The average molecular weight is 282 g/mol. The second-order valence-corrected chi connectivity index (χ2v) is 4.63. The molecule has 3 nitrogen and oxygen atoms in total. The zero-order chi connectivity index (χ0) is 14.9. The fourth-order valence-corrected chi connectivity index (χ4v) is 1.90. The number of carbonyl (C=O) groups excluding carboxylic acids is 1. The molecule has 0 aromatic heterocycles. The average Bonchev–Trinajstić information content (AvgIpc) is 2.53. The van der Waals surface area contributed by atoms with Crippen molar-refractivity contribution in [2.45, 2.75) is 12.5 Å². The van der Waals surface area contributed by atoms with Gasteiger partial charge in [-0.1, -0.05) is 66.7 Å². The van der Waals surface area contributed by atoms with E-state index in [-0.39, 0.29) is 13.0 Å². The van der Waals surface area contributed by atoms with E-state index in [0.717, 1.165) is 5.56 Å². The number of aliphatic hydroxyl groups is 1. The lowest BCUT2D eigenvalue weighted by molar-refractivity contribution is -0.144. The Morgan fingerprint density at radius 3 is 2.33 bits per heavy atom. The monoisotopic (exact) mass is 282 g/mol. The molecule has 0 bridgehead atoms. The molecule has 108 valence electrons. The molecular formula is C18H18O3. The fourth-order valence-electron chi connectivity index (χ4n) is 1.90. The minimum Gasteiger partial charge on any atom is -0.461 e. The normalized spacial score (nSPS) is 12.2. The third kappa shape index (κ3) is 5.24. The first-order valence-corrected chi connectivity index (χ1v) is 6.86. The molecule has 1 unspecified atom stereocenters. The van der Waals surface area contributed by atoms with E-state index in [2.05, 4.69) is 0 Å². The smallest absolute Gasteiger partial charge is 0.309 e. The molecule has 2 aromatic carbocycles. The second-order valence-electron chi connectivity index (χ2n) is 4.63. The highest BCUT2D eigenvalue weighted by atomic mass is 16.5. The minimum absolute atomic E-state index is 0.0385. The molecule has 0 saturated carbocycles. The van der Waals surface area contributed by atoms with Gasteiger partial charge in [0.15, 0.2) is 0 Å². The summed E-state index contributed by atoms with van der Waals surface area (Å²) in [5, 5.41) is 9.91. The Balaban J connectivity index is 1.74. The molecule has 0 amide bonds. The molecular weight excluding hydrogens is 264 g/mol. The first-order valence-electron chi connectivity index (χ1n) is 6.86. The molecule has 0 aliphatic rings. The highest BCUT2D eigenvalue weighted by Crippen LogP contribution is 2.16. The number of benzene rings is 2. The summed E-state index contributed by atoms with van der Waals surface area (Å²) in [4.78, 5) is 11.6. The van der Waals surface area contributed by atoms with Gasteiger partial charge >= 0.3 is 5.97 Å². The van der Waals surface area contributed by atoms with E-state index >= 15 is 0 Å². The van der Waals surface area contributed by atoms with Crippen LogP contribution in [0, 0.1) is 0 Å². The summed E-state index contributed by atoms with van der Waals surface area (Å²) in [6.45, 7) is 0.204. The van der Waals surface area contributed by atoms with Crippen molar-refractivity contribution in [3.05, 3.63) is 77.9 Å². The van der Waals surface area contributed by atoms with Crippen LogP contribution in [0.2, 0.25) is 0 Å². The van der Waals surface area contributed by atoms with Gasteiger partial charge in [0, 0.05) is 0 Å². The van der Waals surface area contributed by atoms with Crippen LogP contribution >= 0.6 is 0 Å². The number of hydrogen-bond donors (Lipinski definition) is 1. The van der Waals surface area contributed by atoms with Crippen molar-refractivity contribution in [2.75, 3.05) is 6.61 Å². The molecule has 0 heterocycles. The lowest BCUT2D eigenvalue weighted by atomic mass is 10.1. The van der Waals surface area contributed by atoms with Crippen LogP contribution in [0.15, 0.2) is 66.7 Å². The van der Waals surface area contributed by atoms with Crippen LogP contribution in [-0.2, 0) is 9.53 Å². The highest BCUT2D eigenvalue weighted by molar-refractivity contribution is 5.70. The van der Waals surface area contributed by atoms with E-state index in [0.29, 0.717) is 5.56 Å². The second kappa shape index (κ2) is 8.02. The lowest BCUT2D eigenvalue weighted by Crippen LogP contribution is -2.10. The van der Waals surface area contributed by atoms with Gasteiger partial charge in [0.05, 0.1) is 12.5 Å². The Labute approximate surface area is 124 Å². The molecule has 0 aliphatic heterocycles. The molecule has 0 fully saturated rings. The standard InChI is InChI=1S/C18H18O3/c19-17(16-11-5-2-6-12-16)14-18(20)21-13-7-10-15-8-3-1-4-9-15/h1-12,17,19H,13-14H2. The van der Waals surface area contributed by atoms with Crippen molar-refractivity contribution in [3.8, 4) is 0 Å². The Hall–Kier alpha value is -2.39. The van der Waals surface area contributed by atoms with Crippen LogP contribution in [0.1, 0.15) is 23.7 Å². The van der Waals surface area contributed by atoms with Gasteiger partial charge in [-0.05, 0) is 17.2 Å². The summed E-state index contributed by atoms with van der Waals surface area (Å²) in [7, 11) is 0. The molecule has 1 N–H and O–H groups in total. The first kappa shape index (κ1) is 15.0. The fraction of sp³-hybridized carbons (Fsp3) is 0.167. The lowest BCUT2D eigenvalue weighted by Gasteiger charge is -2.09. The molecule has 1 atom stereocenters. The summed E-state index contributed by atoms with van der Waals surface area (Å²) in [5.41, 5.74) is 1.77. The Bertz CT molecular complexity index is 576. The van der Waals surface area contributed by atoms with E-state index in [4.69, 9.17) is 4.74 Å². The quantitative estimate of drug-likeness (QED) is 0.826. The van der Waals surface area contributed by atoms with E-state index in [9.17, 15) is 9.90 Å². The minimum atomic E-state index is -0.822. The Morgan fingerprint density at radius 2 is 1.67 bits per heavy atom. The molecule has 2 aromatic rings. The zero-order valence-corrected chi connectivity index (χ0v) is 11.7. The summed E-state index contributed by atoms with van der Waals surface area (Å²) >= 11 is 0. The zero-order valence-electron chi connectivity index (χ0n) is 11.7. The molecule has 2 rings (SSSR count). The van der Waals surface area contributed by atoms with Crippen molar-refractivity contribution < 1.29 is 14.6 Å². The number of esters is 1. The number of ether oxygens (including phenoxy) is 1.